The SMILES string of the molecule is C=CCn1c(COc2ccccc2F)nnc1SCC(=O)NCC1CCCO1. The summed E-state index contributed by atoms with van der Waals surface area (Å²) in [5, 5.41) is 11.7. The summed E-state index contributed by atoms with van der Waals surface area (Å²) in [7, 11) is 0. The topological polar surface area (TPSA) is 78.3 Å². The zero-order chi connectivity index (χ0) is 19.8. The van der Waals surface area contributed by atoms with Crippen LogP contribution in [0.1, 0.15) is 18.7 Å². The highest BCUT2D eigenvalue weighted by molar-refractivity contribution is 7.99. The van der Waals surface area contributed by atoms with E-state index in [1.807, 2.05) is 0 Å². The van der Waals surface area contributed by atoms with Crippen LogP contribution in [0.2, 0.25) is 0 Å². The molecule has 0 radical (unpaired) electrons. The molecule has 1 unspecified atom stereocenters. The van der Waals surface area contributed by atoms with Crippen molar-refractivity contribution in [1.82, 2.24) is 20.1 Å². The highest BCUT2D eigenvalue weighted by atomic mass is 32.2. The van der Waals surface area contributed by atoms with Crippen LogP contribution in [-0.4, -0.2) is 45.7 Å². The van der Waals surface area contributed by atoms with Gasteiger partial charge in [-0.05, 0) is 25.0 Å². The lowest BCUT2D eigenvalue weighted by Crippen LogP contribution is -2.32. The first-order valence-electron chi connectivity index (χ1n) is 9.08. The van der Waals surface area contributed by atoms with E-state index in [0.717, 1.165) is 19.4 Å². The van der Waals surface area contributed by atoms with Gasteiger partial charge in [-0.1, -0.05) is 30.0 Å². The Balaban J connectivity index is 1.54. The van der Waals surface area contributed by atoms with Crippen molar-refractivity contribution >= 4 is 17.7 Å². The van der Waals surface area contributed by atoms with Gasteiger partial charge in [-0.2, -0.15) is 0 Å². The highest BCUT2D eigenvalue weighted by Crippen LogP contribution is 2.20. The van der Waals surface area contributed by atoms with Gasteiger partial charge in [0.05, 0.1) is 11.9 Å². The third kappa shape index (κ3) is 5.56. The van der Waals surface area contributed by atoms with E-state index >= 15 is 0 Å². The van der Waals surface area contributed by atoms with Crippen LogP contribution >= 0.6 is 11.8 Å². The molecule has 1 aromatic heterocycles. The lowest BCUT2D eigenvalue weighted by molar-refractivity contribution is -0.119. The standard InChI is InChI=1S/C19H23FN4O3S/c1-2-9-24-17(12-27-16-8-4-3-7-15(16)20)22-23-19(24)28-13-18(25)21-11-14-6-5-10-26-14/h2-4,7-8,14H,1,5-6,9-13H2,(H,21,25). The Bertz CT molecular complexity index is 808. The molecule has 150 valence electrons. The van der Waals surface area contributed by atoms with Gasteiger partial charge in [-0.3, -0.25) is 9.36 Å². The van der Waals surface area contributed by atoms with E-state index in [0.29, 0.717) is 24.1 Å². The number of para-hydroxylation sites is 1. The van der Waals surface area contributed by atoms with Gasteiger partial charge >= 0.3 is 0 Å². The molecule has 28 heavy (non-hydrogen) atoms. The first-order chi connectivity index (χ1) is 13.7. The van der Waals surface area contributed by atoms with Crippen LogP contribution in [0.5, 0.6) is 5.75 Å². The fourth-order valence-corrected chi connectivity index (χ4v) is 3.56. The Hall–Kier alpha value is -2.39. The molecule has 3 rings (SSSR count). The number of hydrogen-bond acceptors (Lipinski definition) is 6. The molecule has 1 aliphatic rings. The van der Waals surface area contributed by atoms with Crippen LogP contribution in [-0.2, 0) is 22.7 Å². The van der Waals surface area contributed by atoms with Gasteiger partial charge in [-0.25, -0.2) is 4.39 Å². The quantitative estimate of drug-likeness (QED) is 0.483. The molecule has 1 fully saturated rings. The number of halogens is 1. The first kappa shape index (κ1) is 20.3. The molecule has 2 aromatic rings. The molecule has 0 spiro atoms. The van der Waals surface area contributed by atoms with E-state index in [1.165, 1.54) is 17.8 Å². The second-order valence-electron chi connectivity index (χ2n) is 6.24. The summed E-state index contributed by atoms with van der Waals surface area (Å²) in [6.07, 6.45) is 3.84. The number of benzene rings is 1. The van der Waals surface area contributed by atoms with Crippen LogP contribution < -0.4 is 10.1 Å². The molecular weight excluding hydrogens is 383 g/mol. The number of carbonyl (C=O) groups excluding carboxylic acids is 1. The van der Waals surface area contributed by atoms with E-state index in [4.69, 9.17) is 9.47 Å². The average molecular weight is 406 g/mol. The third-order valence-corrected chi connectivity index (χ3v) is 5.15. The number of allylic oxidation sites excluding steroid dienone is 1. The molecule has 1 aromatic carbocycles. The van der Waals surface area contributed by atoms with Gasteiger partial charge in [-0.15, -0.1) is 16.8 Å². The maximum Gasteiger partial charge on any atom is 0.230 e. The van der Waals surface area contributed by atoms with Gasteiger partial charge in [0.1, 0.15) is 6.61 Å². The molecule has 1 N–H and O–H groups in total. The number of amides is 1. The maximum atomic E-state index is 13.7. The fraction of sp³-hybridized carbons (Fsp3) is 0.421. The monoisotopic (exact) mass is 406 g/mol. The number of carbonyl (C=O) groups is 1. The average Bonchev–Trinajstić information content (AvgIpc) is 3.35. The number of thioether (sulfide) groups is 1. The van der Waals surface area contributed by atoms with Crippen molar-refractivity contribution in [2.75, 3.05) is 18.9 Å². The molecule has 1 amide bonds. The number of nitrogens with zero attached hydrogens (tertiary/aromatic N) is 3. The largest absolute Gasteiger partial charge is 0.483 e. The Morgan fingerprint density at radius 1 is 1.46 bits per heavy atom. The zero-order valence-corrected chi connectivity index (χ0v) is 16.3. The number of hydrogen-bond donors (Lipinski definition) is 1. The van der Waals surface area contributed by atoms with Gasteiger partial charge in [0.15, 0.2) is 22.5 Å². The van der Waals surface area contributed by atoms with Crippen LogP contribution in [0.3, 0.4) is 0 Å². The molecule has 9 heteroatoms. The van der Waals surface area contributed by atoms with Gasteiger partial charge in [0, 0.05) is 19.7 Å². The predicted molar refractivity (Wildman–Crippen MR) is 104 cm³/mol. The van der Waals surface area contributed by atoms with Crippen molar-refractivity contribution in [2.24, 2.45) is 0 Å². The Morgan fingerprint density at radius 2 is 2.32 bits per heavy atom. The van der Waals surface area contributed by atoms with E-state index in [-0.39, 0.29) is 30.1 Å². The van der Waals surface area contributed by atoms with E-state index < -0.39 is 5.82 Å². The van der Waals surface area contributed by atoms with Crippen molar-refractivity contribution in [3.63, 3.8) is 0 Å². The Morgan fingerprint density at radius 3 is 3.07 bits per heavy atom. The van der Waals surface area contributed by atoms with Crippen molar-refractivity contribution < 1.29 is 18.7 Å². The highest BCUT2D eigenvalue weighted by Gasteiger charge is 2.18. The van der Waals surface area contributed by atoms with Crippen LogP contribution in [0.4, 0.5) is 4.39 Å². The summed E-state index contributed by atoms with van der Waals surface area (Å²) < 4.78 is 26.5. The lowest BCUT2D eigenvalue weighted by atomic mass is 10.2. The number of ether oxygens (including phenoxy) is 2. The van der Waals surface area contributed by atoms with Crippen LogP contribution in [0, 0.1) is 5.82 Å². The number of nitrogens with one attached hydrogen (secondary N) is 1. The molecule has 0 aliphatic carbocycles. The second-order valence-corrected chi connectivity index (χ2v) is 7.19. The molecule has 7 nitrogen and oxygen atoms in total. The number of rotatable bonds is 10. The van der Waals surface area contributed by atoms with E-state index in [9.17, 15) is 9.18 Å². The van der Waals surface area contributed by atoms with Gasteiger partial charge in [0.2, 0.25) is 5.91 Å². The van der Waals surface area contributed by atoms with Crippen molar-refractivity contribution in [1.29, 1.82) is 0 Å². The molecule has 1 aliphatic heterocycles. The summed E-state index contributed by atoms with van der Waals surface area (Å²) in [4.78, 5) is 12.1. The minimum atomic E-state index is -0.435. The fourth-order valence-electron chi connectivity index (χ4n) is 2.76. The van der Waals surface area contributed by atoms with E-state index in [1.54, 1.807) is 28.8 Å². The second kappa shape index (κ2) is 10.2. The van der Waals surface area contributed by atoms with Gasteiger partial charge in [0.25, 0.3) is 0 Å². The van der Waals surface area contributed by atoms with Crippen LogP contribution in [0.25, 0.3) is 0 Å². The molecule has 0 bridgehead atoms. The summed E-state index contributed by atoms with van der Waals surface area (Å²) in [5.74, 6) is 0.382. The lowest BCUT2D eigenvalue weighted by Gasteiger charge is -2.11. The smallest absolute Gasteiger partial charge is 0.230 e. The minimum Gasteiger partial charge on any atom is -0.483 e. The molecule has 1 atom stereocenters. The van der Waals surface area contributed by atoms with Crippen molar-refractivity contribution in [3.05, 3.63) is 48.6 Å². The molecule has 1 saturated heterocycles. The summed E-state index contributed by atoms with van der Waals surface area (Å²) in [6, 6.07) is 6.18. The Kier molecular flexibility index (Phi) is 7.44. The third-order valence-electron chi connectivity index (χ3n) is 4.18. The zero-order valence-electron chi connectivity index (χ0n) is 15.5. The molecular formula is C19H23FN4O3S. The maximum absolute atomic E-state index is 13.7. The van der Waals surface area contributed by atoms with E-state index in [2.05, 4.69) is 22.1 Å². The summed E-state index contributed by atoms with van der Waals surface area (Å²) in [5.41, 5.74) is 0. The number of aromatic nitrogens is 3. The molecule has 0 saturated carbocycles. The molecule has 2 heterocycles. The van der Waals surface area contributed by atoms with Crippen molar-refractivity contribution in [3.8, 4) is 5.75 Å². The van der Waals surface area contributed by atoms with Crippen LogP contribution in [0.15, 0.2) is 42.1 Å². The summed E-state index contributed by atoms with van der Waals surface area (Å²) >= 11 is 1.28. The summed E-state index contributed by atoms with van der Waals surface area (Å²) in [6.45, 7) is 5.55. The first-order valence-corrected chi connectivity index (χ1v) is 10.1. The normalized spacial score (nSPS) is 16.1. The predicted octanol–water partition coefficient (Wildman–Crippen LogP) is 2.57. The minimum absolute atomic E-state index is 0.0630. The van der Waals surface area contributed by atoms with Crippen molar-refractivity contribution in [2.45, 2.75) is 37.3 Å². The Labute approximate surface area is 167 Å². The van der Waals surface area contributed by atoms with Gasteiger partial charge < -0.3 is 14.8 Å².